The van der Waals surface area contributed by atoms with Crippen molar-refractivity contribution in [1.29, 1.82) is 0 Å². The molecule has 1 heterocycles. The molecule has 1 aliphatic heterocycles. The summed E-state index contributed by atoms with van der Waals surface area (Å²) in [5.41, 5.74) is 3.91. The summed E-state index contributed by atoms with van der Waals surface area (Å²) >= 11 is 0. The van der Waals surface area contributed by atoms with Gasteiger partial charge in [0.15, 0.2) is 6.61 Å². The van der Waals surface area contributed by atoms with Crippen molar-refractivity contribution in [3.63, 3.8) is 0 Å². The van der Waals surface area contributed by atoms with Crippen LogP contribution in [-0.4, -0.2) is 55.6 Å². The number of nitrogens with zero attached hydrogens (tertiary/aromatic N) is 2. The molecule has 112 valence electrons. The van der Waals surface area contributed by atoms with Gasteiger partial charge in [0.05, 0.1) is 0 Å². The molecule has 0 atom stereocenters. The predicted molar refractivity (Wildman–Crippen MR) is 81.1 cm³/mol. The van der Waals surface area contributed by atoms with Crippen molar-refractivity contribution in [2.45, 2.75) is 6.92 Å². The summed E-state index contributed by atoms with van der Waals surface area (Å²) in [6.07, 6.45) is 0. The van der Waals surface area contributed by atoms with Crippen molar-refractivity contribution in [3.05, 3.63) is 29.8 Å². The van der Waals surface area contributed by atoms with Gasteiger partial charge < -0.3 is 9.64 Å². The number of carbonyl (C=O) groups is 1. The van der Waals surface area contributed by atoms with Gasteiger partial charge in [-0.05, 0) is 25.6 Å². The standard InChI is InChI=1S/C14H21N3O2.ClH/c1-12-5-3-4-6-13(12)19-11-14(18)15-17-9-7-16(2)8-10-17;/h3-6H,7-11H2,1-2H3,(H,15,18);1H. The molecular weight excluding hydrogens is 278 g/mol. The first kappa shape index (κ1) is 16.8. The van der Waals surface area contributed by atoms with E-state index >= 15 is 0 Å². The maximum absolute atomic E-state index is 11.8. The van der Waals surface area contributed by atoms with Gasteiger partial charge in [-0.3, -0.25) is 10.2 Å². The van der Waals surface area contributed by atoms with Crippen LogP contribution in [-0.2, 0) is 4.79 Å². The second-order valence-corrected chi connectivity index (χ2v) is 4.88. The number of nitrogens with one attached hydrogen (secondary N) is 1. The highest BCUT2D eigenvalue weighted by molar-refractivity contribution is 5.85. The van der Waals surface area contributed by atoms with Crippen LogP contribution in [0.25, 0.3) is 0 Å². The number of hydrazine groups is 1. The fourth-order valence-electron chi connectivity index (χ4n) is 1.99. The molecular formula is C14H22ClN3O2. The Bertz CT molecular complexity index is 434. The van der Waals surface area contributed by atoms with Gasteiger partial charge in [-0.25, -0.2) is 5.01 Å². The smallest absolute Gasteiger partial charge is 0.272 e. The molecule has 0 bridgehead atoms. The van der Waals surface area contributed by atoms with Gasteiger partial charge in [-0.15, -0.1) is 12.4 Å². The molecule has 0 radical (unpaired) electrons. The van der Waals surface area contributed by atoms with E-state index in [1.54, 1.807) is 0 Å². The van der Waals surface area contributed by atoms with Gasteiger partial charge in [-0.1, -0.05) is 18.2 Å². The Morgan fingerprint density at radius 1 is 1.25 bits per heavy atom. The summed E-state index contributed by atoms with van der Waals surface area (Å²) in [4.78, 5) is 14.0. The quantitative estimate of drug-likeness (QED) is 0.903. The van der Waals surface area contributed by atoms with Crippen molar-refractivity contribution in [2.24, 2.45) is 0 Å². The van der Waals surface area contributed by atoms with Crippen molar-refractivity contribution >= 4 is 18.3 Å². The molecule has 0 saturated carbocycles. The van der Waals surface area contributed by atoms with Gasteiger partial charge in [-0.2, -0.15) is 0 Å². The first-order valence-electron chi connectivity index (χ1n) is 6.56. The minimum Gasteiger partial charge on any atom is -0.483 e. The van der Waals surface area contributed by atoms with E-state index < -0.39 is 0 Å². The summed E-state index contributed by atoms with van der Waals surface area (Å²) in [7, 11) is 2.08. The first-order chi connectivity index (χ1) is 9.15. The zero-order valence-electron chi connectivity index (χ0n) is 12.0. The van der Waals surface area contributed by atoms with Crippen LogP contribution in [0, 0.1) is 6.92 Å². The molecule has 0 aromatic heterocycles. The van der Waals surface area contributed by atoms with Crippen LogP contribution in [0.2, 0.25) is 0 Å². The molecule has 1 aromatic carbocycles. The number of ether oxygens (including phenoxy) is 1. The monoisotopic (exact) mass is 299 g/mol. The number of hydrogen-bond acceptors (Lipinski definition) is 4. The number of para-hydroxylation sites is 1. The number of benzene rings is 1. The number of rotatable bonds is 4. The van der Waals surface area contributed by atoms with Gasteiger partial charge in [0.1, 0.15) is 5.75 Å². The van der Waals surface area contributed by atoms with Gasteiger partial charge in [0, 0.05) is 26.2 Å². The molecule has 20 heavy (non-hydrogen) atoms. The summed E-state index contributed by atoms with van der Waals surface area (Å²) in [5.74, 6) is 0.656. The summed E-state index contributed by atoms with van der Waals surface area (Å²) < 4.78 is 5.51. The second kappa shape index (κ2) is 8.09. The Morgan fingerprint density at radius 2 is 1.90 bits per heavy atom. The molecule has 2 rings (SSSR count). The number of piperazine rings is 1. The van der Waals surface area contributed by atoms with Crippen molar-refractivity contribution in [3.8, 4) is 5.75 Å². The van der Waals surface area contributed by atoms with E-state index in [2.05, 4.69) is 17.4 Å². The number of likely N-dealkylation sites (N-methyl/N-ethyl adjacent to an activating group) is 1. The summed E-state index contributed by atoms with van der Waals surface area (Å²) in [6.45, 7) is 5.67. The molecule has 0 unspecified atom stereocenters. The van der Waals surface area contributed by atoms with Crippen molar-refractivity contribution < 1.29 is 9.53 Å². The highest BCUT2D eigenvalue weighted by atomic mass is 35.5. The fourth-order valence-corrected chi connectivity index (χ4v) is 1.99. The van der Waals surface area contributed by atoms with Crippen LogP contribution in [0.4, 0.5) is 0 Å². The van der Waals surface area contributed by atoms with E-state index in [9.17, 15) is 4.79 Å². The Balaban J connectivity index is 0.00000200. The maximum atomic E-state index is 11.8. The lowest BCUT2D eigenvalue weighted by atomic mass is 10.2. The second-order valence-electron chi connectivity index (χ2n) is 4.88. The van der Waals surface area contributed by atoms with Crippen molar-refractivity contribution in [2.75, 3.05) is 39.8 Å². The topological polar surface area (TPSA) is 44.8 Å². The van der Waals surface area contributed by atoms with Crippen LogP contribution in [0.15, 0.2) is 24.3 Å². The van der Waals surface area contributed by atoms with E-state index in [1.807, 2.05) is 36.2 Å². The SMILES string of the molecule is Cc1ccccc1OCC(=O)NN1CCN(C)CC1.Cl. The van der Waals surface area contributed by atoms with Crippen LogP contribution in [0.1, 0.15) is 5.56 Å². The van der Waals surface area contributed by atoms with E-state index in [0.29, 0.717) is 0 Å². The van der Waals surface area contributed by atoms with Crippen molar-refractivity contribution in [1.82, 2.24) is 15.3 Å². The Morgan fingerprint density at radius 3 is 2.55 bits per heavy atom. The third-order valence-electron chi connectivity index (χ3n) is 3.24. The third kappa shape index (κ3) is 5.00. The molecule has 1 aromatic rings. The molecule has 1 N–H and O–H groups in total. The van der Waals surface area contributed by atoms with E-state index in [0.717, 1.165) is 37.5 Å². The number of carbonyl (C=O) groups excluding carboxylic acids is 1. The fraction of sp³-hybridized carbons (Fsp3) is 0.500. The summed E-state index contributed by atoms with van der Waals surface area (Å²) in [6, 6.07) is 7.69. The van der Waals surface area contributed by atoms with Gasteiger partial charge in [0.2, 0.25) is 0 Å². The predicted octanol–water partition coefficient (Wildman–Crippen LogP) is 1.07. The zero-order valence-corrected chi connectivity index (χ0v) is 12.8. The average Bonchev–Trinajstić information content (AvgIpc) is 2.40. The summed E-state index contributed by atoms with van der Waals surface area (Å²) in [5, 5.41) is 1.95. The lowest BCUT2D eigenvalue weighted by molar-refractivity contribution is -0.128. The highest BCUT2D eigenvalue weighted by Crippen LogP contribution is 2.15. The zero-order chi connectivity index (χ0) is 13.7. The molecule has 6 heteroatoms. The Labute approximate surface area is 126 Å². The normalized spacial score (nSPS) is 16.3. The van der Waals surface area contributed by atoms with E-state index in [1.165, 1.54) is 0 Å². The number of hydrogen-bond donors (Lipinski definition) is 1. The molecule has 1 saturated heterocycles. The van der Waals surface area contributed by atoms with Crippen LogP contribution >= 0.6 is 12.4 Å². The van der Waals surface area contributed by atoms with Gasteiger partial charge in [0.25, 0.3) is 5.91 Å². The lowest BCUT2D eigenvalue weighted by Crippen LogP contribution is -2.53. The molecule has 1 amide bonds. The molecule has 1 fully saturated rings. The molecule has 0 spiro atoms. The van der Waals surface area contributed by atoms with E-state index in [4.69, 9.17) is 4.74 Å². The highest BCUT2D eigenvalue weighted by Gasteiger charge is 2.15. The minimum absolute atomic E-state index is 0. The largest absolute Gasteiger partial charge is 0.483 e. The third-order valence-corrected chi connectivity index (χ3v) is 3.24. The minimum atomic E-state index is -0.104. The number of aryl methyl sites for hydroxylation is 1. The van der Waals surface area contributed by atoms with Crippen LogP contribution < -0.4 is 10.2 Å². The maximum Gasteiger partial charge on any atom is 0.272 e. The van der Waals surface area contributed by atoms with Crippen LogP contribution in [0.5, 0.6) is 5.75 Å². The molecule has 1 aliphatic rings. The first-order valence-corrected chi connectivity index (χ1v) is 6.56. The van der Waals surface area contributed by atoms with Gasteiger partial charge >= 0.3 is 0 Å². The van der Waals surface area contributed by atoms with E-state index in [-0.39, 0.29) is 24.9 Å². The number of halogens is 1. The Hall–Kier alpha value is -1.30. The Kier molecular flexibility index (Phi) is 6.78. The lowest BCUT2D eigenvalue weighted by Gasteiger charge is -2.32. The number of amides is 1. The average molecular weight is 300 g/mol. The molecule has 0 aliphatic carbocycles. The van der Waals surface area contributed by atoms with Crippen LogP contribution in [0.3, 0.4) is 0 Å². The molecule has 5 nitrogen and oxygen atoms in total.